The Bertz CT molecular complexity index is 1410. The first-order chi connectivity index (χ1) is 17.4. The maximum Gasteiger partial charge on any atom is 0.508 e. The molecule has 8 nitrogen and oxygen atoms in total. The number of carbonyl (C=O) groups excluding carboxylic acids is 2. The molecular weight excluding hydrogens is 467 g/mol. The minimum Gasteiger partial charge on any atom is -0.506 e. The summed E-state index contributed by atoms with van der Waals surface area (Å²) in [5.41, 5.74) is 1.59. The van der Waals surface area contributed by atoms with Gasteiger partial charge < -0.3 is 24.7 Å². The summed E-state index contributed by atoms with van der Waals surface area (Å²) >= 11 is 0. The Morgan fingerprint density at radius 2 is 1.75 bits per heavy atom. The highest BCUT2D eigenvalue weighted by Gasteiger charge is 2.24. The van der Waals surface area contributed by atoms with E-state index in [-0.39, 0.29) is 35.7 Å². The van der Waals surface area contributed by atoms with E-state index in [4.69, 9.17) is 4.74 Å². The molecule has 1 aromatic heterocycles. The second-order valence-corrected chi connectivity index (χ2v) is 7.80. The molecule has 0 aliphatic rings. The van der Waals surface area contributed by atoms with E-state index >= 15 is 0 Å². The molecule has 3 aromatic carbocycles. The number of para-hydroxylation sites is 2. The van der Waals surface area contributed by atoms with Gasteiger partial charge in [-0.05, 0) is 42.8 Å². The number of allylic oxidation sites excluding steroid dienone is 1. The van der Waals surface area contributed by atoms with Gasteiger partial charge in [0.1, 0.15) is 35.7 Å². The van der Waals surface area contributed by atoms with Crippen molar-refractivity contribution in [2.24, 2.45) is 0 Å². The lowest BCUT2D eigenvalue weighted by molar-refractivity contribution is 0.0207. The molecule has 0 bridgehead atoms. The first-order valence-corrected chi connectivity index (χ1v) is 11.1. The summed E-state index contributed by atoms with van der Waals surface area (Å²) in [7, 11) is 0. The third-order valence-electron chi connectivity index (χ3n) is 5.34. The molecule has 1 unspecified atom stereocenters. The molecule has 0 fully saturated rings. The molecule has 0 saturated heterocycles. The summed E-state index contributed by atoms with van der Waals surface area (Å²) < 4.78 is 23.4. The lowest BCUT2D eigenvalue weighted by Gasteiger charge is -2.14. The summed E-state index contributed by atoms with van der Waals surface area (Å²) in [4.78, 5) is 32.4. The molecule has 0 saturated carbocycles. The number of aliphatic hydroxyl groups excluding tert-OH is 2. The van der Waals surface area contributed by atoms with Gasteiger partial charge in [-0.25, -0.2) is 14.2 Å². The SMILES string of the molecule is CCOC(=O)OCC(O)c1cccc(/C(O)=C(\C(=O)c2cccc(F)c2)c2nc3ccccc3[nH]2)c1. The minimum absolute atomic E-state index is 0.0241. The van der Waals surface area contributed by atoms with Gasteiger partial charge >= 0.3 is 6.16 Å². The van der Waals surface area contributed by atoms with E-state index in [1.807, 2.05) is 0 Å². The molecule has 3 N–H and O–H groups in total. The number of ketones is 1. The largest absolute Gasteiger partial charge is 0.508 e. The van der Waals surface area contributed by atoms with Crippen molar-refractivity contribution in [2.75, 3.05) is 13.2 Å². The number of aromatic nitrogens is 2. The summed E-state index contributed by atoms with van der Waals surface area (Å²) in [6, 6.07) is 18.4. The molecule has 36 heavy (non-hydrogen) atoms. The number of halogens is 1. The van der Waals surface area contributed by atoms with E-state index in [9.17, 15) is 24.2 Å². The van der Waals surface area contributed by atoms with Gasteiger partial charge in [-0.3, -0.25) is 4.79 Å². The first-order valence-electron chi connectivity index (χ1n) is 11.1. The fourth-order valence-corrected chi connectivity index (χ4v) is 3.61. The third kappa shape index (κ3) is 5.42. The van der Waals surface area contributed by atoms with Crippen LogP contribution in [0.5, 0.6) is 0 Å². The predicted molar refractivity (Wildman–Crippen MR) is 131 cm³/mol. The van der Waals surface area contributed by atoms with Crippen molar-refractivity contribution in [1.29, 1.82) is 0 Å². The smallest absolute Gasteiger partial charge is 0.506 e. The second kappa shape index (κ2) is 10.8. The number of nitrogens with zero attached hydrogens (tertiary/aromatic N) is 1. The van der Waals surface area contributed by atoms with Crippen molar-refractivity contribution in [3.8, 4) is 0 Å². The lowest BCUT2D eigenvalue weighted by Crippen LogP contribution is -2.14. The van der Waals surface area contributed by atoms with Crippen LogP contribution in [0.1, 0.15) is 40.3 Å². The number of carbonyl (C=O) groups is 2. The van der Waals surface area contributed by atoms with Crippen molar-refractivity contribution < 1.29 is 33.7 Å². The van der Waals surface area contributed by atoms with Crippen molar-refractivity contribution in [2.45, 2.75) is 13.0 Å². The number of rotatable bonds is 8. The van der Waals surface area contributed by atoms with Gasteiger partial charge in [-0.2, -0.15) is 0 Å². The van der Waals surface area contributed by atoms with E-state index in [0.717, 1.165) is 6.07 Å². The number of hydrogen-bond donors (Lipinski definition) is 3. The van der Waals surface area contributed by atoms with Gasteiger partial charge in [0.05, 0.1) is 17.6 Å². The van der Waals surface area contributed by atoms with Gasteiger partial charge in [0, 0.05) is 11.1 Å². The van der Waals surface area contributed by atoms with Crippen LogP contribution in [-0.2, 0) is 9.47 Å². The third-order valence-corrected chi connectivity index (χ3v) is 5.34. The normalized spacial score (nSPS) is 12.6. The topological polar surface area (TPSA) is 122 Å². The van der Waals surface area contributed by atoms with E-state index in [1.165, 1.54) is 24.3 Å². The Labute approximate surface area is 205 Å². The van der Waals surface area contributed by atoms with Crippen molar-refractivity contribution in [3.05, 3.63) is 101 Å². The average molecular weight is 490 g/mol. The number of imidazole rings is 1. The number of H-pyrrole nitrogens is 1. The minimum atomic E-state index is -1.21. The van der Waals surface area contributed by atoms with Crippen molar-refractivity contribution >= 4 is 34.3 Å². The Hall–Kier alpha value is -4.50. The molecule has 4 rings (SSSR count). The van der Waals surface area contributed by atoms with Crippen LogP contribution in [0.2, 0.25) is 0 Å². The van der Waals surface area contributed by atoms with Gasteiger partial charge in [-0.15, -0.1) is 0 Å². The molecule has 0 aliphatic heterocycles. The zero-order valence-electron chi connectivity index (χ0n) is 19.3. The van der Waals surface area contributed by atoms with Crippen molar-refractivity contribution in [1.82, 2.24) is 9.97 Å². The number of ether oxygens (including phenoxy) is 2. The molecule has 0 spiro atoms. The van der Waals surface area contributed by atoms with Crippen LogP contribution in [0, 0.1) is 5.82 Å². The molecule has 1 heterocycles. The number of fused-ring (bicyclic) bond motifs is 1. The highest BCUT2D eigenvalue weighted by atomic mass is 19.1. The number of aromatic amines is 1. The molecule has 184 valence electrons. The monoisotopic (exact) mass is 490 g/mol. The van der Waals surface area contributed by atoms with Gasteiger partial charge in [0.15, 0.2) is 0 Å². The van der Waals surface area contributed by atoms with Crippen molar-refractivity contribution in [3.63, 3.8) is 0 Å². The number of nitrogens with one attached hydrogen (secondary N) is 1. The zero-order valence-corrected chi connectivity index (χ0v) is 19.3. The Kier molecular flexibility index (Phi) is 7.41. The second-order valence-electron chi connectivity index (χ2n) is 7.80. The van der Waals surface area contributed by atoms with Crippen LogP contribution in [0.15, 0.2) is 72.8 Å². The highest BCUT2D eigenvalue weighted by molar-refractivity contribution is 6.33. The van der Waals surface area contributed by atoms with Gasteiger partial charge in [-0.1, -0.05) is 42.5 Å². The number of benzene rings is 3. The maximum absolute atomic E-state index is 13.9. The van der Waals surface area contributed by atoms with E-state index in [0.29, 0.717) is 16.6 Å². The van der Waals surface area contributed by atoms with E-state index in [1.54, 1.807) is 49.4 Å². The van der Waals surface area contributed by atoms with E-state index in [2.05, 4.69) is 14.7 Å². The number of hydrogen-bond acceptors (Lipinski definition) is 7. The van der Waals surface area contributed by atoms with E-state index < -0.39 is 29.6 Å². The molecule has 0 radical (unpaired) electrons. The standard InChI is InChI=1S/C27H23FN2O6/c1-2-35-27(34)36-15-22(31)16-7-5-8-17(13-16)24(32)23(25(33)18-9-6-10-19(28)14-18)26-29-20-11-3-4-12-21(20)30-26/h3-14,22,31-32H,2,15H2,1H3,(H,29,30)/b24-23-. The molecule has 9 heteroatoms. The average Bonchev–Trinajstić information content (AvgIpc) is 3.31. The van der Waals surface area contributed by atoms with Crippen LogP contribution in [0.3, 0.4) is 0 Å². The maximum atomic E-state index is 13.9. The molecule has 0 amide bonds. The highest BCUT2D eigenvalue weighted by Crippen LogP contribution is 2.29. The quantitative estimate of drug-likeness (QED) is 0.134. The van der Waals surface area contributed by atoms with Crippen LogP contribution >= 0.6 is 0 Å². The number of aliphatic hydroxyl groups is 2. The molecule has 1 atom stereocenters. The Morgan fingerprint density at radius 3 is 2.50 bits per heavy atom. The van der Waals surface area contributed by atoms with Gasteiger partial charge in [0.25, 0.3) is 0 Å². The molecule has 0 aliphatic carbocycles. The summed E-state index contributed by atoms with van der Waals surface area (Å²) in [5, 5.41) is 21.7. The summed E-state index contributed by atoms with van der Waals surface area (Å²) in [6.45, 7) is 1.39. The van der Waals surface area contributed by atoms with Crippen LogP contribution < -0.4 is 0 Å². The fraction of sp³-hybridized carbons (Fsp3) is 0.148. The summed E-state index contributed by atoms with van der Waals surface area (Å²) in [6.07, 6.45) is -2.13. The van der Waals surface area contributed by atoms with Crippen LogP contribution in [0.4, 0.5) is 9.18 Å². The molecular formula is C27H23FN2O6. The molecule has 4 aromatic rings. The Balaban J connectivity index is 1.76. The summed E-state index contributed by atoms with van der Waals surface area (Å²) in [5.74, 6) is -1.58. The fourth-order valence-electron chi connectivity index (χ4n) is 3.61. The predicted octanol–water partition coefficient (Wildman–Crippen LogP) is 5.22. The van der Waals surface area contributed by atoms with Crippen LogP contribution in [0.25, 0.3) is 22.4 Å². The first kappa shape index (κ1) is 24.6. The Morgan fingerprint density at radius 1 is 1.00 bits per heavy atom. The van der Waals surface area contributed by atoms with Crippen LogP contribution in [-0.4, -0.2) is 45.3 Å². The zero-order chi connectivity index (χ0) is 25.7. The number of Topliss-reactive ketones (excluding diaryl/α,β-unsaturated/α-hetero) is 1. The lowest BCUT2D eigenvalue weighted by atomic mass is 9.97. The van der Waals surface area contributed by atoms with Gasteiger partial charge in [0.2, 0.25) is 5.78 Å².